The molecule has 3 aromatic rings. The number of benzene rings is 2. The molecule has 0 saturated carbocycles. The van der Waals surface area contributed by atoms with Crippen LogP contribution in [-0.4, -0.2) is 16.6 Å². The summed E-state index contributed by atoms with van der Waals surface area (Å²) < 4.78 is 5.74. The highest BCUT2D eigenvalue weighted by Crippen LogP contribution is 2.11. The molecule has 1 aromatic heterocycles. The zero-order chi connectivity index (χ0) is 16.6. The summed E-state index contributed by atoms with van der Waals surface area (Å²) in [5.41, 5.74) is 4.97. The van der Waals surface area contributed by atoms with Crippen LogP contribution in [0.4, 0.5) is 0 Å². The third-order valence-corrected chi connectivity index (χ3v) is 4.23. The molecule has 0 bridgehead atoms. The molecule has 0 aliphatic carbocycles. The summed E-state index contributed by atoms with van der Waals surface area (Å²) in [5.74, 6) is 0. The molecule has 0 atom stereocenters. The van der Waals surface area contributed by atoms with Gasteiger partial charge in [-0.3, -0.25) is 0 Å². The number of hydrogen-bond donors (Lipinski definition) is 1. The molecule has 124 valence electrons. The van der Waals surface area contributed by atoms with Crippen LogP contribution >= 0.6 is 11.6 Å². The fraction of sp³-hybridized carbons (Fsp3) is 0.250. The van der Waals surface area contributed by atoms with E-state index in [4.69, 9.17) is 16.3 Å². The molecule has 0 unspecified atom stereocenters. The van der Waals surface area contributed by atoms with Crippen molar-refractivity contribution in [2.45, 2.75) is 25.9 Å². The van der Waals surface area contributed by atoms with Gasteiger partial charge < -0.3 is 9.72 Å². The monoisotopic (exact) mass is 340 g/mol. The summed E-state index contributed by atoms with van der Waals surface area (Å²) in [4.78, 5) is 7.18. The first-order valence-electron chi connectivity index (χ1n) is 8.17. The number of halogens is 1. The van der Waals surface area contributed by atoms with Gasteiger partial charge in [0.1, 0.15) is 0 Å². The number of aryl methyl sites for hydroxylation is 2. The van der Waals surface area contributed by atoms with Gasteiger partial charge in [0.2, 0.25) is 0 Å². The van der Waals surface area contributed by atoms with Crippen LogP contribution in [0.3, 0.4) is 0 Å². The van der Waals surface area contributed by atoms with Crippen molar-refractivity contribution in [2.24, 2.45) is 0 Å². The van der Waals surface area contributed by atoms with Crippen LogP contribution in [0.15, 0.2) is 61.1 Å². The number of aromatic nitrogens is 2. The Morgan fingerprint density at radius 2 is 1.50 bits per heavy atom. The van der Waals surface area contributed by atoms with Crippen LogP contribution in [0.1, 0.15) is 22.4 Å². The van der Waals surface area contributed by atoms with Crippen molar-refractivity contribution in [2.75, 3.05) is 6.61 Å². The number of rotatable bonds is 8. The van der Waals surface area contributed by atoms with E-state index in [0.717, 1.165) is 36.5 Å². The molecule has 1 N–H and O–H groups in total. The normalized spacial score (nSPS) is 10.9. The van der Waals surface area contributed by atoms with Gasteiger partial charge in [0.15, 0.2) is 0 Å². The molecule has 3 nitrogen and oxygen atoms in total. The summed E-state index contributed by atoms with van der Waals surface area (Å²) in [6.07, 6.45) is 6.54. The van der Waals surface area contributed by atoms with Crippen molar-refractivity contribution in [1.29, 1.82) is 0 Å². The molecule has 0 fully saturated rings. The number of nitrogens with one attached hydrogen (secondary N) is 1. The van der Waals surface area contributed by atoms with Gasteiger partial charge in [-0.25, -0.2) is 4.98 Å². The second-order valence-corrected chi connectivity index (χ2v) is 6.26. The first-order chi connectivity index (χ1) is 11.8. The highest BCUT2D eigenvalue weighted by Gasteiger charge is 1.99. The maximum atomic E-state index is 5.87. The number of H-pyrrole nitrogens is 1. The summed E-state index contributed by atoms with van der Waals surface area (Å²) >= 11 is 5.87. The Morgan fingerprint density at radius 1 is 0.833 bits per heavy atom. The van der Waals surface area contributed by atoms with Crippen LogP contribution < -0.4 is 0 Å². The lowest BCUT2D eigenvalue weighted by molar-refractivity contribution is 0.124. The van der Waals surface area contributed by atoms with Gasteiger partial charge in [0.05, 0.1) is 19.5 Å². The fourth-order valence-corrected chi connectivity index (χ4v) is 2.66. The molecule has 0 saturated heterocycles. The molecule has 0 aliphatic rings. The van der Waals surface area contributed by atoms with Gasteiger partial charge in [0.25, 0.3) is 0 Å². The van der Waals surface area contributed by atoms with Gasteiger partial charge >= 0.3 is 0 Å². The van der Waals surface area contributed by atoms with Crippen molar-refractivity contribution < 1.29 is 4.74 Å². The summed E-state index contributed by atoms with van der Waals surface area (Å²) in [5, 5.41) is 0.756. The van der Waals surface area contributed by atoms with Crippen molar-refractivity contribution in [3.8, 4) is 0 Å². The van der Waals surface area contributed by atoms with Crippen molar-refractivity contribution in [1.82, 2.24) is 9.97 Å². The molecule has 1 heterocycles. The second-order valence-electron chi connectivity index (χ2n) is 5.82. The zero-order valence-corrected chi connectivity index (χ0v) is 14.3. The molecule has 0 amide bonds. The van der Waals surface area contributed by atoms with E-state index in [1.165, 1.54) is 16.8 Å². The maximum Gasteiger partial charge on any atom is 0.0921 e. The van der Waals surface area contributed by atoms with E-state index in [9.17, 15) is 0 Å². The van der Waals surface area contributed by atoms with Crippen molar-refractivity contribution >= 4 is 11.6 Å². The van der Waals surface area contributed by atoms with Crippen LogP contribution in [-0.2, 0) is 30.6 Å². The predicted octanol–water partition coefficient (Wildman–Crippen LogP) is 4.61. The molecule has 3 rings (SSSR count). The average molecular weight is 341 g/mol. The minimum Gasteiger partial charge on any atom is -0.376 e. The topological polar surface area (TPSA) is 37.9 Å². The lowest BCUT2D eigenvalue weighted by atomic mass is 10.1. The average Bonchev–Trinajstić information content (AvgIpc) is 3.13. The molecule has 0 radical (unpaired) electrons. The molecular weight excluding hydrogens is 320 g/mol. The minimum atomic E-state index is 0.624. The molecule has 4 heteroatoms. The van der Waals surface area contributed by atoms with Crippen LogP contribution in [0.5, 0.6) is 0 Å². The highest BCUT2D eigenvalue weighted by atomic mass is 35.5. The third kappa shape index (κ3) is 5.22. The smallest absolute Gasteiger partial charge is 0.0921 e. The summed E-state index contributed by atoms with van der Waals surface area (Å²) in [6.45, 7) is 1.34. The maximum absolute atomic E-state index is 5.87. The third-order valence-electron chi connectivity index (χ3n) is 3.98. The van der Waals surface area contributed by atoms with E-state index in [1.54, 1.807) is 6.33 Å². The van der Waals surface area contributed by atoms with Gasteiger partial charge in [0, 0.05) is 16.9 Å². The first-order valence-corrected chi connectivity index (χ1v) is 8.54. The number of ether oxygens (including phenoxy) is 1. The molecule has 2 aromatic carbocycles. The lowest BCUT2D eigenvalue weighted by Gasteiger charge is -2.06. The van der Waals surface area contributed by atoms with Gasteiger partial charge in [-0.1, -0.05) is 48.0 Å². The number of nitrogens with zero attached hydrogens (tertiary/aromatic N) is 1. The van der Waals surface area contributed by atoms with E-state index in [1.807, 2.05) is 30.5 Å². The largest absolute Gasteiger partial charge is 0.376 e. The summed E-state index contributed by atoms with van der Waals surface area (Å²) in [6, 6.07) is 16.6. The molecule has 24 heavy (non-hydrogen) atoms. The highest BCUT2D eigenvalue weighted by molar-refractivity contribution is 6.30. The van der Waals surface area contributed by atoms with Crippen molar-refractivity contribution in [3.05, 3.63) is 88.5 Å². The van der Waals surface area contributed by atoms with E-state index >= 15 is 0 Å². The molecule has 0 aliphatic heterocycles. The van der Waals surface area contributed by atoms with Crippen molar-refractivity contribution in [3.63, 3.8) is 0 Å². The van der Waals surface area contributed by atoms with Crippen LogP contribution in [0.2, 0.25) is 5.02 Å². The Hall–Kier alpha value is -2.10. The van der Waals surface area contributed by atoms with Gasteiger partial charge in [-0.15, -0.1) is 0 Å². The first kappa shape index (κ1) is 16.7. The SMILES string of the molecule is Clc1ccc(COCCc2ccc(CCc3cnc[nH]3)cc2)cc1. The Balaban J connectivity index is 1.38. The lowest BCUT2D eigenvalue weighted by Crippen LogP contribution is -1.99. The number of hydrogen-bond acceptors (Lipinski definition) is 2. The molecular formula is C20H21ClN2O. The van der Waals surface area contributed by atoms with Gasteiger partial charge in [-0.05, 0) is 48.1 Å². The predicted molar refractivity (Wildman–Crippen MR) is 97.2 cm³/mol. The second kappa shape index (κ2) is 8.67. The zero-order valence-electron chi connectivity index (χ0n) is 13.5. The van der Waals surface area contributed by atoms with E-state index < -0.39 is 0 Å². The molecule has 0 spiro atoms. The van der Waals surface area contributed by atoms with Crippen LogP contribution in [0.25, 0.3) is 0 Å². The Bertz CT molecular complexity index is 721. The van der Waals surface area contributed by atoms with E-state index in [-0.39, 0.29) is 0 Å². The Kier molecular flexibility index (Phi) is 6.05. The number of aromatic amines is 1. The van der Waals surface area contributed by atoms with E-state index in [2.05, 4.69) is 34.2 Å². The standard InChI is InChI=1S/C20H21ClN2O/c21-19-8-5-18(6-9-19)14-24-12-11-17-3-1-16(2-4-17)7-10-20-13-22-15-23-20/h1-6,8-9,13,15H,7,10-12,14H2,(H,22,23). The fourth-order valence-electron chi connectivity index (χ4n) is 2.53. The quantitative estimate of drug-likeness (QED) is 0.608. The minimum absolute atomic E-state index is 0.624. The Labute approximate surface area is 147 Å². The van der Waals surface area contributed by atoms with Gasteiger partial charge in [-0.2, -0.15) is 0 Å². The summed E-state index contributed by atoms with van der Waals surface area (Å²) in [7, 11) is 0. The number of imidazole rings is 1. The van der Waals surface area contributed by atoms with E-state index in [0.29, 0.717) is 6.61 Å². The Morgan fingerprint density at radius 3 is 2.17 bits per heavy atom. The van der Waals surface area contributed by atoms with Crippen LogP contribution in [0, 0.1) is 0 Å².